The second-order valence-corrected chi connectivity index (χ2v) is 10.8. The maximum atomic E-state index is 12.7. The number of aliphatic carboxylic acids is 1. The van der Waals surface area contributed by atoms with Crippen LogP contribution in [-0.4, -0.2) is 127 Å². The molecule has 0 aliphatic carbocycles. The Bertz CT molecular complexity index is 875. The van der Waals surface area contributed by atoms with Gasteiger partial charge in [0.05, 0.1) is 6.54 Å². The third kappa shape index (κ3) is 17.0. The van der Waals surface area contributed by atoms with E-state index in [-0.39, 0.29) is 64.2 Å². The van der Waals surface area contributed by atoms with E-state index in [9.17, 15) is 19.5 Å². The maximum Gasteiger partial charge on any atom is 0.317 e. The van der Waals surface area contributed by atoms with Crippen LogP contribution in [0.4, 0.5) is 0 Å². The molecule has 1 saturated heterocycles. The Labute approximate surface area is 280 Å². The summed E-state index contributed by atoms with van der Waals surface area (Å²) in [5.74, 6) is -0.583. The Kier molecular flexibility index (Phi) is 20.9. The normalized spacial score (nSPS) is 17.5. The predicted molar refractivity (Wildman–Crippen MR) is 160 cm³/mol. The van der Waals surface area contributed by atoms with Crippen molar-refractivity contribution in [2.24, 2.45) is 0 Å². The van der Waals surface area contributed by atoms with Crippen molar-refractivity contribution in [1.82, 2.24) is 24.9 Å². The third-order valence-corrected chi connectivity index (χ3v) is 7.63. The molecule has 1 unspecified atom stereocenters. The number of unbranched alkanes of at least 4 members (excludes halogenated alkanes) is 2. The number of Topliss-reactive ketones (excluding diaryl/α,β-unsaturated/α-hetero) is 1. The van der Waals surface area contributed by atoms with Gasteiger partial charge in [-0.05, 0) is 31.9 Å². The van der Waals surface area contributed by atoms with Gasteiger partial charge in [0, 0.05) is 123 Å². The summed E-state index contributed by atoms with van der Waals surface area (Å²) in [6.07, 6.45) is 4.79. The minimum absolute atomic E-state index is 0. The number of carbonyl (C=O) groups is 3. The molecule has 2 N–H and O–H groups in total. The van der Waals surface area contributed by atoms with Gasteiger partial charge in [0.2, 0.25) is 0 Å². The van der Waals surface area contributed by atoms with Gasteiger partial charge in [0.15, 0.2) is 0 Å². The zero-order chi connectivity index (χ0) is 29.2. The fourth-order valence-corrected chi connectivity index (χ4v) is 4.92. The Morgan fingerprint density at radius 3 is 1.88 bits per heavy atom. The molecule has 1 atom stereocenters. The molecule has 0 aromatic heterocycles. The average Bonchev–Trinajstić information content (AvgIpc) is 2.94. The number of amides is 1. The van der Waals surface area contributed by atoms with Gasteiger partial charge in [0.1, 0.15) is 5.78 Å². The number of hydrogen-bond acceptors (Lipinski definition) is 7. The van der Waals surface area contributed by atoms with Crippen LogP contribution in [0.2, 0.25) is 0 Å². The largest absolute Gasteiger partial charge is 0.480 e. The summed E-state index contributed by atoms with van der Waals surface area (Å²) in [5.41, 5.74) is 0.673. The monoisotopic (exact) mass is 715 g/mol. The van der Waals surface area contributed by atoms with E-state index in [1.54, 1.807) is 0 Å². The Morgan fingerprint density at radius 2 is 1.34 bits per heavy atom. The van der Waals surface area contributed by atoms with Crippen molar-refractivity contribution in [1.29, 1.82) is 0 Å². The Morgan fingerprint density at radius 1 is 0.805 bits per heavy atom. The number of nitrogens with one attached hydrogen (secondary N) is 1. The van der Waals surface area contributed by atoms with Crippen LogP contribution in [0.15, 0.2) is 30.3 Å². The first-order chi connectivity index (χ1) is 19.3. The minimum atomic E-state index is -0.814. The average molecular weight is 715 g/mol. The van der Waals surface area contributed by atoms with Crippen LogP contribution >= 0.6 is 0 Å². The topological polar surface area (TPSA) is 96.4 Å². The van der Waals surface area contributed by atoms with Gasteiger partial charge >= 0.3 is 5.97 Å². The molecule has 1 aromatic carbocycles. The Hall–Kier alpha value is -1.01. The molecule has 0 radical (unpaired) electrons. The Balaban J connectivity index is 0.00000840. The molecule has 0 bridgehead atoms. The number of carbonyl (C=O) groups excluding carboxylic acids is 2. The number of nitrogens with zero attached hydrogens (tertiary/aromatic N) is 4. The fraction of sp³-hybridized carbons (Fsp3) is 0.645. The number of hydrogen-bond donors (Lipinski definition) is 2. The molecular weight excluding hydrogens is 664 g/mol. The van der Waals surface area contributed by atoms with Crippen LogP contribution < -0.4 is 5.32 Å². The van der Waals surface area contributed by atoms with Crippen molar-refractivity contribution in [3.05, 3.63) is 49.7 Å². The zero-order valence-electron chi connectivity index (χ0n) is 24.9. The maximum absolute atomic E-state index is 12.7. The van der Waals surface area contributed by atoms with Crippen molar-refractivity contribution in [2.75, 3.05) is 78.5 Å². The summed E-state index contributed by atoms with van der Waals surface area (Å²) < 4.78 is 0. The van der Waals surface area contributed by atoms with E-state index in [1.807, 2.05) is 42.2 Å². The minimum Gasteiger partial charge on any atom is -0.480 e. The van der Waals surface area contributed by atoms with E-state index < -0.39 is 5.97 Å². The van der Waals surface area contributed by atoms with Gasteiger partial charge in [0.25, 0.3) is 5.91 Å². The SMILES string of the molecule is [CH2-]CN1CCN(C[CH2-])CCN(CC(=O)O)CCN(CCC(=O)CCCCCC(C)NC(=O)c2ccccc2)CC1.[Gd]. The van der Waals surface area contributed by atoms with Gasteiger partial charge in [-0.25, -0.2) is 0 Å². The number of ketones is 1. The van der Waals surface area contributed by atoms with Gasteiger partial charge < -0.3 is 39.0 Å². The number of benzene rings is 1. The molecule has 0 spiro atoms. The summed E-state index contributed by atoms with van der Waals surface area (Å²) in [7, 11) is 0. The van der Waals surface area contributed by atoms with E-state index in [0.717, 1.165) is 71.5 Å². The van der Waals surface area contributed by atoms with Crippen LogP contribution in [0.5, 0.6) is 0 Å². The molecule has 1 aliphatic heterocycles. The van der Waals surface area contributed by atoms with E-state index in [2.05, 4.69) is 33.9 Å². The van der Waals surface area contributed by atoms with Crippen LogP contribution in [-0.2, 0) is 9.59 Å². The van der Waals surface area contributed by atoms with Gasteiger partial charge in [-0.1, -0.05) is 31.0 Å². The molecule has 1 aromatic rings. The van der Waals surface area contributed by atoms with Crippen molar-refractivity contribution < 1.29 is 59.4 Å². The van der Waals surface area contributed by atoms with E-state index in [1.165, 1.54) is 0 Å². The number of carboxylic acids is 1. The standard InChI is InChI=1S/C31H51N5O4.Gd/c1-4-33-18-19-34(5-2)21-24-36(26-30(38)39)25-23-35(22-20-33)17-16-29(37)15-11-6-8-12-27(3)32-31(40)28-13-9-7-10-14-28;/h7,9-10,13-14,27H,1-2,4-6,8,11-12,15-26H2,3H3,(H,32,40)(H,38,39);/q-2;. The summed E-state index contributed by atoms with van der Waals surface area (Å²) in [4.78, 5) is 45.2. The molecule has 1 amide bonds. The molecule has 234 valence electrons. The fourth-order valence-electron chi connectivity index (χ4n) is 4.92. The van der Waals surface area contributed by atoms with Crippen LogP contribution in [0, 0.1) is 53.8 Å². The quantitative estimate of drug-likeness (QED) is 0.212. The summed E-state index contributed by atoms with van der Waals surface area (Å²) in [5, 5.41) is 12.4. The summed E-state index contributed by atoms with van der Waals surface area (Å²) in [6, 6.07) is 9.34. The molecule has 10 heteroatoms. The molecule has 41 heavy (non-hydrogen) atoms. The molecule has 1 aliphatic rings. The molecule has 0 saturated carbocycles. The van der Waals surface area contributed by atoms with Crippen molar-refractivity contribution >= 4 is 17.7 Å². The van der Waals surface area contributed by atoms with Crippen molar-refractivity contribution in [2.45, 2.75) is 51.5 Å². The van der Waals surface area contributed by atoms with Crippen LogP contribution in [0.25, 0.3) is 0 Å². The smallest absolute Gasteiger partial charge is 0.317 e. The molecule has 2 rings (SSSR count). The summed E-state index contributed by atoms with van der Waals surface area (Å²) >= 11 is 0. The van der Waals surface area contributed by atoms with Gasteiger partial charge in [-0.15, -0.1) is 13.1 Å². The van der Waals surface area contributed by atoms with Gasteiger partial charge in [-0.3, -0.25) is 19.3 Å². The predicted octanol–water partition coefficient (Wildman–Crippen LogP) is 2.69. The molecule has 1 fully saturated rings. The van der Waals surface area contributed by atoms with Crippen molar-refractivity contribution in [3.8, 4) is 0 Å². The first-order valence-corrected chi connectivity index (χ1v) is 14.9. The summed E-state index contributed by atoms with van der Waals surface area (Å²) in [6.45, 7) is 18.7. The zero-order valence-corrected chi connectivity index (χ0v) is 27.2. The third-order valence-electron chi connectivity index (χ3n) is 7.63. The van der Waals surface area contributed by atoms with E-state index >= 15 is 0 Å². The first kappa shape index (κ1) is 38.0. The number of carboxylic acid groups (broad SMARTS) is 1. The van der Waals surface area contributed by atoms with Crippen LogP contribution in [0.1, 0.15) is 55.8 Å². The first-order valence-electron chi connectivity index (χ1n) is 14.9. The van der Waals surface area contributed by atoms with Gasteiger partial charge in [-0.2, -0.15) is 0 Å². The number of rotatable bonds is 15. The molecule has 9 nitrogen and oxygen atoms in total. The van der Waals surface area contributed by atoms with E-state index in [4.69, 9.17) is 0 Å². The second-order valence-electron chi connectivity index (χ2n) is 10.8. The second kappa shape index (κ2) is 22.5. The van der Waals surface area contributed by atoms with Crippen LogP contribution in [0.3, 0.4) is 0 Å². The molecular formula is C31H51GdN5O4-2. The molecule has 1 heterocycles. The van der Waals surface area contributed by atoms with Crippen molar-refractivity contribution in [3.63, 3.8) is 0 Å². The van der Waals surface area contributed by atoms with E-state index in [0.29, 0.717) is 44.6 Å².